The van der Waals surface area contributed by atoms with Gasteiger partial charge in [-0.05, 0) is 38.5 Å². The molecule has 3 heterocycles. The van der Waals surface area contributed by atoms with Gasteiger partial charge in [-0.15, -0.1) is 5.06 Å². The van der Waals surface area contributed by atoms with Crippen LogP contribution in [0, 0.1) is 0 Å². The smallest absolute Gasteiger partial charge is 0.333 e. The van der Waals surface area contributed by atoms with Crippen molar-refractivity contribution < 1.29 is 41.8 Å². The van der Waals surface area contributed by atoms with E-state index < -0.39 is 39.6 Å². The molecule has 3 aliphatic rings. The number of carbonyl (C=O) groups is 5. The number of unbranched alkanes of at least 4 members (excludes halogenated alkanes) is 5. The highest BCUT2D eigenvalue weighted by Crippen LogP contribution is 2.32. The Morgan fingerprint density at radius 3 is 2.14 bits per heavy atom. The number of nitrogens with one attached hydrogen (secondary N) is 4. The molecule has 5 N–H and O–H groups in total. The van der Waals surface area contributed by atoms with Gasteiger partial charge < -0.3 is 15.5 Å². The summed E-state index contributed by atoms with van der Waals surface area (Å²) in [6.45, 7) is 1.95. The van der Waals surface area contributed by atoms with E-state index in [1.165, 1.54) is 0 Å². The maximum absolute atomic E-state index is 12.1. The van der Waals surface area contributed by atoms with Crippen LogP contribution in [0.5, 0.6) is 0 Å². The van der Waals surface area contributed by atoms with Crippen LogP contribution < -0.4 is 21.3 Å². The van der Waals surface area contributed by atoms with Gasteiger partial charge in [-0.1, -0.05) is 19.3 Å². The summed E-state index contributed by atoms with van der Waals surface area (Å²) in [6.07, 6.45) is 7.13. The van der Waals surface area contributed by atoms with Crippen molar-refractivity contribution in [3.05, 3.63) is 0 Å². The normalized spacial score (nSPS) is 23.7. The zero-order valence-electron chi connectivity index (χ0n) is 23.8. The highest BCUT2D eigenvalue weighted by atomic mass is 32.2. The molecule has 4 atom stereocenters. The lowest BCUT2D eigenvalue weighted by Crippen LogP contribution is -2.36. The molecule has 3 rings (SSSR count). The Balaban J connectivity index is 1.09. The number of nitrogens with zero attached hydrogens (tertiary/aromatic N) is 1. The molecule has 0 bridgehead atoms. The van der Waals surface area contributed by atoms with E-state index in [0.29, 0.717) is 62.5 Å². The molecule has 16 heteroatoms. The first-order valence-electron chi connectivity index (χ1n) is 14.7. The Bertz CT molecular complexity index is 1070. The van der Waals surface area contributed by atoms with Crippen molar-refractivity contribution in [2.75, 3.05) is 25.5 Å². The maximum atomic E-state index is 12.1. The van der Waals surface area contributed by atoms with E-state index in [0.717, 1.165) is 50.9 Å². The third kappa shape index (κ3) is 11.1. The van der Waals surface area contributed by atoms with Crippen LogP contribution in [-0.4, -0.2) is 95.7 Å². The molecular formula is C26H43N5O9S2. The molecule has 3 saturated heterocycles. The van der Waals surface area contributed by atoms with Gasteiger partial charge >= 0.3 is 5.97 Å². The molecule has 3 aliphatic heterocycles. The van der Waals surface area contributed by atoms with E-state index in [4.69, 9.17) is 4.55 Å². The first-order chi connectivity index (χ1) is 20.1. The van der Waals surface area contributed by atoms with Crippen molar-refractivity contribution >= 4 is 51.5 Å². The molecule has 238 valence electrons. The quantitative estimate of drug-likeness (QED) is 0.0745. The van der Waals surface area contributed by atoms with Gasteiger partial charge in [0.05, 0.1) is 6.42 Å². The minimum absolute atomic E-state index is 0.0618. The van der Waals surface area contributed by atoms with Crippen LogP contribution in [0.3, 0.4) is 0 Å². The van der Waals surface area contributed by atoms with Crippen LogP contribution in [-0.2, 0) is 38.9 Å². The van der Waals surface area contributed by atoms with Crippen molar-refractivity contribution in [1.82, 2.24) is 26.3 Å². The van der Waals surface area contributed by atoms with E-state index in [1.807, 2.05) is 11.8 Å². The summed E-state index contributed by atoms with van der Waals surface area (Å²) in [6, 6.07) is 1.16. The van der Waals surface area contributed by atoms with Crippen LogP contribution in [0.25, 0.3) is 0 Å². The topological polar surface area (TPSA) is 200 Å². The molecule has 14 nitrogen and oxygen atoms in total. The van der Waals surface area contributed by atoms with Crippen molar-refractivity contribution in [1.29, 1.82) is 0 Å². The second kappa shape index (κ2) is 17.1. The number of amides is 4. The predicted octanol–water partition coefficient (Wildman–Crippen LogP) is 0.376. The van der Waals surface area contributed by atoms with Gasteiger partial charge in [0.15, 0.2) is 5.25 Å². The van der Waals surface area contributed by atoms with Crippen LogP contribution in [0.2, 0.25) is 0 Å². The fraction of sp³-hybridized carbons (Fsp3) is 0.808. The highest BCUT2D eigenvalue weighted by molar-refractivity contribution is 8.00. The average Bonchev–Trinajstić information content (AvgIpc) is 3.62. The number of hydrogen-bond acceptors (Lipinski definition) is 11. The number of hydroxylamine groups is 2. The maximum Gasteiger partial charge on any atom is 0.333 e. The fourth-order valence-corrected chi connectivity index (χ4v) is 7.51. The molecule has 0 radical (unpaired) electrons. The molecule has 0 aliphatic carbocycles. The number of carbonyl (C=O) groups excluding carboxylic acids is 5. The van der Waals surface area contributed by atoms with Gasteiger partial charge in [-0.2, -0.15) is 20.2 Å². The van der Waals surface area contributed by atoms with Gasteiger partial charge in [0.2, 0.25) is 11.8 Å². The second-order valence-electron chi connectivity index (χ2n) is 10.9. The minimum atomic E-state index is -4.77. The van der Waals surface area contributed by atoms with Gasteiger partial charge in [0.1, 0.15) is 0 Å². The van der Waals surface area contributed by atoms with E-state index in [2.05, 4.69) is 26.1 Å². The van der Waals surface area contributed by atoms with E-state index in [1.54, 1.807) is 0 Å². The van der Waals surface area contributed by atoms with Crippen LogP contribution in [0.15, 0.2) is 0 Å². The van der Waals surface area contributed by atoms with Crippen LogP contribution in [0.4, 0.5) is 0 Å². The van der Waals surface area contributed by atoms with Crippen LogP contribution >= 0.6 is 11.8 Å². The summed E-state index contributed by atoms with van der Waals surface area (Å²) >= 11 is 2.02. The molecule has 4 amide bonds. The van der Waals surface area contributed by atoms with Gasteiger partial charge in [-0.3, -0.25) is 34.4 Å². The summed E-state index contributed by atoms with van der Waals surface area (Å²) in [7, 11) is -4.77. The zero-order chi connectivity index (χ0) is 30.5. The Morgan fingerprint density at radius 2 is 1.52 bits per heavy atom. The number of rotatable bonds is 19. The summed E-state index contributed by atoms with van der Waals surface area (Å²) in [5.41, 5.74) is 0. The fourth-order valence-electron chi connectivity index (χ4n) is 5.20. The van der Waals surface area contributed by atoms with Gasteiger partial charge in [-0.25, -0.2) is 4.79 Å². The van der Waals surface area contributed by atoms with Gasteiger partial charge in [0, 0.05) is 62.1 Å². The molecule has 0 aromatic rings. The van der Waals surface area contributed by atoms with E-state index >= 15 is 0 Å². The van der Waals surface area contributed by atoms with E-state index in [-0.39, 0.29) is 23.3 Å². The zero-order valence-corrected chi connectivity index (χ0v) is 25.4. The predicted molar refractivity (Wildman–Crippen MR) is 154 cm³/mol. The SMILES string of the molecule is O=C(CCCCCNC(=O)CCCCC1SCC2NCNC21)NCCCCCC(=O)ON1C(=O)CC(S(=O)(=O)O)C1=O. The van der Waals surface area contributed by atoms with Crippen molar-refractivity contribution in [2.45, 2.75) is 106 Å². The second-order valence-corrected chi connectivity index (χ2v) is 13.7. The molecule has 0 aromatic heterocycles. The third-order valence-corrected chi connectivity index (χ3v) is 10.2. The summed E-state index contributed by atoms with van der Waals surface area (Å²) in [5, 5.41) is 11.5. The molecule has 0 aromatic carbocycles. The molecule has 4 unspecified atom stereocenters. The molecule has 0 spiro atoms. The molecule has 3 fully saturated rings. The standard InChI is InChI=1S/C26H43N5O9S2/c32-21(27-14-8-2-4-12-24(35)40-31-23(34)15-20(26(31)36)42(37,38)39)10-3-1-7-13-28-22(33)11-6-5-9-19-25-18(16-41-19)29-17-30-25/h18-20,25,29-30H,1-17H2,(H,27,32)(H,28,33)(H,37,38,39). The van der Waals surface area contributed by atoms with Crippen LogP contribution in [0.1, 0.15) is 83.5 Å². The number of hydrogen-bond donors (Lipinski definition) is 5. The lowest BCUT2D eigenvalue weighted by Gasteiger charge is -2.17. The Hall–Kier alpha value is -2.27. The Labute approximate surface area is 250 Å². The number of thioether (sulfide) groups is 1. The average molecular weight is 634 g/mol. The van der Waals surface area contributed by atoms with Crippen molar-refractivity contribution in [3.8, 4) is 0 Å². The van der Waals surface area contributed by atoms with Gasteiger partial charge in [0.25, 0.3) is 21.9 Å². The first-order valence-corrected chi connectivity index (χ1v) is 17.3. The highest BCUT2D eigenvalue weighted by Gasteiger charge is 2.48. The largest absolute Gasteiger partial charge is 0.356 e. The molecule has 42 heavy (non-hydrogen) atoms. The molecule has 0 saturated carbocycles. The minimum Gasteiger partial charge on any atom is -0.356 e. The lowest BCUT2D eigenvalue weighted by atomic mass is 10.0. The Kier molecular flexibility index (Phi) is 14.0. The van der Waals surface area contributed by atoms with E-state index in [9.17, 15) is 32.4 Å². The summed E-state index contributed by atoms with van der Waals surface area (Å²) in [5.74, 6) is -1.99. The van der Waals surface area contributed by atoms with Crippen molar-refractivity contribution in [2.24, 2.45) is 0 Å². The number of fused-ring (bicyclic) bond motifs is 1. The first kappa shape index (κ1) is 34.2. The summed E-state index contributed by atoms with van der Waals surface area (Å²) in [4.78, 5) is 64.1. The summed E-state index contributed by atoms with van der Waals surface area (Å²) < 4.78 is 31.2. The monoisotopic (exact) mass is 633 g/mol. The lowest BCUT2D eigenvalue weighted by molar-refractivity contribution is -0.197. The third-order valence-electron chi connectivity index (χ3n) is 7.57. The molecular weight excluding hydrogens is 590 g/mol. The Morgan fingerprint density at radius 1 is 0.905 bits per heavy atom. The number of imide groups is 1. The van der Waals surface area contributed by atoms with Crippen molar-refractivity contribution in [3.63, 3.8) is 0 Å².